The Kier molecular flexibility index (Phi) is 4.70. The Bertz CT molecular complexity index is 473. The van der Waals surface area contributed by atoms with E-state index in [-0.39, 0.29) is 24.2 Å². The summed E-state index contributed by atoms with van der Waals surface area (Å²) in [6, 6.07) is 7.45. The van der Waals surface area contributed by atoms with Crippen LogP contribution in [0.25, 0.3) is 0 Å². The van der Waals surface area contributed by atoms with Gasteiger partial charge in [0.1, 0.15) is 5.75 Å². The van der Waals surface area contributed by atoms with Crippen LogP contribution in [0.4, 0.5) is 0 Å². The molecule has 5 heteroatoms. The summed E-state index contributed by atoms with van der Waals surface area (Å²) in [5, 5.41) is 0. The summed E-state index contributed by atoms with van der Waals surface area (Å²) in [4.78, 5) is 14.0. The second-order valence-corrected chi connectivity index (χ2v) is 6.62. The van der Waals surface area contributed by atoms with Crippen LogP contribution in [0.1, 0.15) is 20.8 Å². The van der Waals surface area contributed by atoms with Gasteiger partial charge in [-0.3, -0.25) is 4.79 Å². The summed E-state index contributed by atoms with van der Waals surface area (Å²) < 4.78 is 12.3. The first-order valence-corrected chi connectivity index (χ1v) is 7.49. The summed E-state index contributed by atoms with van der Waals surface area (Å²) in [7, 11) is 0. The monoisotopic (exact) mass is 341 g/mol. The van der Waals surface area contributed by atoms with Crippen molar-refractivity contribution in [3.8, 4) is 5.75 Å². The molecule has 1 aliphatic rings. The number of rotatable bonds is 3. The highest BCUT2D eigenvalue weighted by Crippen LogP contribution is 2.21. The lowest BCUT2D eigenvalue weighted by molar-refractivity contribution is -0.159. The zero-order valence-electron chi connectivity index (χ0n) is 12.1. The predicted octanol–water partition coefficient (Wildman–Crippen LogP) is 2.85. The largest absolute Gasteiger partial charge is 0.484 e. The van der Waals surface area contributed by atoms with Crippen LogP contribution < -0.4 is 4.74 Å². The fourth-order valence-corrected chi connectivity index (χ4v) is 2.68. The number of ether oxygens (including phenoxy) is 2. The predicted molar refractivity (Wildman–Crippen MR) is 80.8 cm³/mol. The third kappa shape index (κ3) is 4.21. The van der Waals surface area contributed by atoms with Crippen molar-refractivity contribution in [3.05, 3.63) is 28.7 Å². The van der Waals surface area contributed by atoms with Gasteiger partial charge in [-0.05, 0) is 45.0 Å². The highest BCUT2D eigenvalue weighted by Gasteiger charge is 2.33. The first-order chi connectivity index (χ1) is 9.35. The number of amides is 1. The maximum atomic E-state index is 12.2. The number of carbonyl (C=O) groups is 1. The van der Waals surface area contributed by atoms with Crippen LogP contribution >= 0.6 is 15.9 Å². The van der Waals surface area contributed by atoms with Crippen molar-refractivity contribution in [1.82, 2.24) is 4.90 Å². The molecule has 0 radical (unpaired) electrons. The third-order valence-corrected chi connectivity index (χ3v) is 3.63. The Morgan fingerprint density at radius 3 is 2.70 bits per heavy atom. The van der Waals surface area contributed by atoms with Gasteiger partial charge in [-0.2, -0.15) is 0 Å². The minimum Gasteiger partial charge on any atom is -0.484 e. The first-order valence-electron chi connectivity index (χ1n) is 6.70. The Morgan fingerprint density at radius 2 is 2.10 bits per heavy atom. The van der Waals surface area contributed by atoms with Gasteiger partial charge in [0.2, 0.25) is 0 Å². The maximum Gasteiger partial charge on any atom is 0.260 e. The van der Waals surface area contributed by atoms with Crippen LogP contribution in [0.15, 0.2) is 28.7 Å². The van der Waals surface area contributed by atoms with E-state index in [2.05, 4.69) is 15.9 Å². The van der Waals surface area contributed by atoms with E-state index in [9.17, 15) is 4.79 Å². The minimum atomic E-state index is -0.301. The van der Waals surface area contributed by atoms with Gasteiger partial charge < -0.3 is 14.4 Å². The van der Waals surface area contributed by atoms with E-state index in [1.807, 2.05) is 49.9 Å². The molecule has 0 N–H and O–H groups in total. The topological polar surface area (TPSA) is 38.8 Å². The van der Waals surface area contributed by atoms with Crippen molar-refractivity contribution >= 4 is 21.8 Å². The van der Waals surface area contributed by atoms with Gasteiger partial charge in [0, 0.05) is 17.6 Å². The van der Waals surface area contributed by atoms with Gasteiger partial charge in [0.05, 0.1) is 11.7 Å². The van der Waals surface area contributed by atoms with E-state index in [1.54, 1.807) is 0 Å². The lowest BCUT2D eigenvalue weighted by Gasteiger charge is -2.41. The van der Waals surface area contributed by atoms with Crippen molar-refractivity contribution < 1.29 is 14.3 Å². The van der Waals surface area contributed by atoms with E-state index in [0.717, 1.165) is 4.47 Å². The summed E-state index contributed by atoms with van der Waals surface area (Å²) in [6.45, 7) is 7.25. The summed E-state index contributed by atoms with van der Waals surface area (Å²) in [5.74, 6) is 0.693. The van der Waals surface area contributed by atoms with E-state index in [4.69, 9.17) is 9.47 Å². The molecule has 0 aromatic heterocycles. The van der Waals surface area contributed by atoms with Crippen LogP contribution in [0.3, 0.4) is 0 Å². The molecule has 0 unspecified atom stereocenters. The van der Waals surface area contributed by atoms with Crippen LogP contribution in [-0.4, -0.2) is 42.2 Å². The molecule has 110 valence electrons. The van der Waals surface area contributed by atoms with Crippen LogP contribution in [-0.2, 0) is 9.53 Å². The van der Waals surface area contributed by atoms with Gasteiger partial charge in [0.15, 0.2) is 6.61 Å². The van der Waals surface area contributed by atoms with Crippen LogP contribution in [0.5, 0.6) is 5.75 Å². The van der Waals surface area contributed by atoms with Crippen molar-refractivity contribution in [3.63, 3.8) is 0 Å². The maximum absolute atomic E-state index is 12.2. The number of halogens is 1. The summed E-state index contributed by atoms with van der Waals surface area (Å²) in [5.41, 5.74) is -0.301. The SMILES string of the molecule is C[C@@H]1CN(C(=O)COc2ccc(Br)cc2)CC(C)(C)O1. The average molecular weight is 342 g/mol. The van der Waals surface area contributed by atoms with Crippen molar-refractivity contribution in [2.24, 2.45) is 0 Å². The lowest BCUT2D eigenvalue weighted by Crippen LogP contribution is -2.54. The highest BCUT2D eigenvalue weighted by molar-refractivity contribution is 9.10. The van der Waals surface area contributed by atoms with Gasteiger partial charge in [0.25, 0.3) is 5.91 Å². The molecular weight excluding hydrogens is 322 g/mol. The molecule has 0 aliphatic carbocycles. The molecule has 0 spiro atoms. The quantitative estimate of drug-likeness (QED) is 0.848. The normalized spacial score (nSPS) is 21.6. The zero-order chi connectivity index (χ0) is 14.8. The van der Waals surface area contributed by atoms with Crippen LogP contribution in [0.2, 0.25) is 0 Å². The van der Waals surface area contributed by atoms with E-state index in [1.165, 1.54) is 0 Å². The third-order valence-electron chi connectivity index (χ3n) is 3.10. The van der Waals surface area contributed by atoms with Gasteiger partial charge in [-0.15, -0.1) is 0 Å². The van der Waals surface area contributed by atoms with E-state index < -0.39 is 0 Å². The first kappa shape index (κ1) is 15.3. The molecule has 1 atom stereocenters. The van der Waals surface area contributed by atoms with E-state index >= 15 is 0 Å². The summed E-state index contributed by atoms with van der Waals surface area (Å²) >= 11 is 3.36. The molecule has 2 rings (SSSR count). The second kappa shape index (κ2) is 6.14. The standard InChI is InChI=1S/C15H20BrNO3/c1-11-8-17(10-15(2,3)20-11)14(18)9-19-13-6-4-12(16)5-7-13/h4-7,11H,8-10H2,1-3H3/t11-/m1/s1. The number of benzene rings is 1. The van der Waals surface area contributed by atoms with Crippen LogP contribution in [0, 0.1) is 0 Å². The molecule has 1 saturated heterocycles. The second-order valence-electron chi connectivity index (χ2n) is 5.71. The molecule has 1 heterocycles. The molecule has 1 aliphatic heterocycles. The highest BCUT2D eigenvalue weighted by atomic mass is 79.9. The Labute approximate surface area is 128 Å². The van der Waals surface area contributed by atoms with Crippen molar-refractivity contribution in [1.29, 1.82) is 0 Å². The Balaban J connectivity index is 1.90. The van der Waals surface area contributed by atoms with Gasteiger partial charge in [-0.25, -0.2) is 0 Å². The molecular formula is C15H20BrNO3. The number of hydrogen-bond acceptors (Lipinski definition) is 3. The fraction of sp³-hybridized carbons (Fsp3) is 0.533. The Hall–Kier alpha value is -1.07. The van der Waals surface area contributed by atoms with Crippen molar-refractivity contribution in [2.75, 3.05) is 19.7 Å². The number of hydrogen-bond donors (Lipinski definition) is 0. The lowest BCUT2D eigenvalue weighted by atomic mass is 10.1. The molecule has 20 heavy (non-hydrogen) atoms. The van der Waals surface area contributed by atoms with E-state index in [0.29, 0.717) is 18.8 Å². The molecule has 1 fully saturated rings. The minimum absolute atomic E-state index is 0.00357. The number of nitrogens with zero attached hydrogens (tertiary/aromatic N) is 1. The average Bonchev–Trinajstić information content (AvgIpc) is 2.35. The summed E-state index contributed by atoms with van der Waals surface area (Å²) in [6.07, 6.45) is 0.0513. The zero-order valence-corrected chi connectivity index (χ0v) is 13.6. The molecule has 0 bridgehead atoms. The molecule has 4 nitrogen and oxygen atoms in total. The number of carbonyl (C=O) groups excluding carboxylic acids is 1. The van der Waals surface area contributed by atoms with Gasteiger partial charge >= 0.3 is 0 Å². The fourth-order valence-electron chi connectivity index (χ4n) is 2.41. The van der Waals surface area contributed by atoms with Crippen molar-refractivity contribution in [2.45, 2.75) is 32.5 Å². The smallest absolute Gasteiger partial charge is 0.260 e. The molecule has 0 saturated carbocycles. The molecule has 1 aromatic carbocycles. The Morgan fingerprint density at radius 1 is 1.45 bits per heavy atom. The molecule has 1 aromatic rings. The number of morpholine rings is 1. The van der Waals surface area contributed by atoms with Gasteiger partial charge in [-0.1, -0.05) is 15.9 Å². The molecule has 1 amide bonds.